The van der Waals surface area contributed by atoms with E-state index >= 15 is 0 Å². The molecule has 2 aromatic carbocycles. The standard InChI is InChI=1S/C26H36N2O3/c1-7-20(5)27-26(30)24(8-2)28(17-21-11-13-23(31-6)14-12-21)25(29)16-22-10-9-18(3)19(4)15-22/h9-15,20,24H,7-8,16-17H2,1-6H3,(H,27,30)/t20-,24-/m0/s1. The minimum atomic E-state index is -0.518. The van der Waals surface area contributed by atoms with Crippen LogP contribution in [-0.4, -0.2) is 35.9 Å². The maximum Gasteiger partial charge on any atom is 0.243 e. The third-order valence-electron chi connectivity index (χ3n) is 5.83. The summed E-state index contributed by atoms with van der Waals surface area (Å²) >= 11 is 0. The molecule has 1 N–H and O–H groups in total. The molecule has 5 nitrogen and oxygen atoms in total. The normalized spacial score (nSPS) is 12.7. The van der Waals surface area contributed by atoms with E-state index in [2.05, 4.69) is 18.3 Å². The highest BCUT2D eigenvalue weighted by atomic mass is 16.5. The van der Waals surface area contributed by atoms with Gasteiger partial charge in [-0.05, 0) is 68.0 Å². The maximum absolute atomic E-state index is 13.4. The van der Waals surface area contributed by atoms with E-state index in [4.69, 9.17) is 4.74 Å². The van der Waals surface area contributed by atoms with E-state index in [1.54, 1.807) is 12.0 Å². The molecule has 2 rings (SSSR count). The minimum Gasteiger partial charge on any atom is -0.497 e. The Labute approximate surface area is 186 Å². The Balaban J connectivity index is 2.30. The number of hydrogen-bond donors (Lipinski definition) is 1. The van der Waals surface area contributed by atoms with E-state index in [1.807, 2.05) is 64.1 Å². The number of rotatable bonds is 10. The van der Waals surface area contributed by atoms with Gasteiger partial charge in [-0.1, -0.05) is 44.2 Å². The molecule has 31 heavy (non-hydrogen) atoms. The Morgan fingerprint density at radius 3 is 2.16 bits per heavy atom. The highest BCUT2D eigenvalue weighted by Crippen LogP contribution is 2.18. The van der Waals surface area contributed by atoms with Crippen molar-refractivity contribution in [2.45, 2.75) is 72.5 Å². The van der Waals surface area contributed by atoms with Gasteiger partial charge in [-0.25, -0.2) is 0 Å². The monoisotopic (exact) mass is 424 g/mol. The largest absolute Gasteiger partial charge is 0.497 e. The lowest BCUT2D eigenvalue weighted by Gasteiger charge is -2.31. The van der Waals surface area contributed by atoms with Gasteiger partial charge in [0, 0.05) is 12.6 Å². The number of carbonyl (C=O) groups is 2. The van der Waals surface area contributed by atoms with Gasteiger partial charge in [-0.15, -0.1) is 0 Å². The molecular weight excluding hydrogens is 388 g/mol. The van der Waals surface area contributed by atoms with Gasteiger partial charge in [0.15, 0.2) is 0 Å². The number of carbonyl (C=O) groups excluding carboxylic acids is 2. The Morgan fingerprint density at radius 2 is 1.61 bits per heavy atom. The molecule has 2 aromatic rings. The number of aryl methyl sites for hydroxylation is 2. The molecule has 0 aromatic heterocycles. The van der Waals surface area contributed by atoms with E-state index in [0.717, 1.165) is 28.9 Å². The lowest BCUT2D eigenvalue weighted by molar-refractivity contribution is -0.141. The van der Waals surface area contributed by atoms with Gasteiger partial charge < -0.3 is 15.0 Å². The van der Waals surface area contributed by atoms with Gasteiger partial charge in [-0.2, -0.15) is 0 Å². The second-order valence-corrected chi connectivity index (χ2v) is 8.21. The first-order valence-corrected chi connectivity index (χ1v) is 11.1. The molecule has 0 aliphatic heterocycles. The Bertz CT molecular complexity index is 877. The second-order valence-electron chi connectivity index (χ2n) is 8.21. The summed E-state index contributed by atoms with van der Waals surface area (Å²) in [6.45, 7) is 10.4. The number of ether oxygens (including phenoxy) is 1. The summed E-state index contributed by atoms with van der Waals surface area (Å²) in [5.74, 6) is 0.613. The van der Waals surface area contributed by atoms with Crippen molar-refractivity contribution in [3.8, 4) is 5.75 Å². The topological polar surface area (TPSA) is 58.6 Å². The van der Waals surface area contributed by atoms with Crippen LogP contribution in [0.15, 0.2) is 42.5 Å². The lowest BCUT2D eigenvalue weighted by Crippen LogP contribution is -2.51. The third kappa shape index (κ3) is 6.84. The molecule has 0 bridgehead atoms. The van der Waals surface area contributed by atoms with Crippen molar-refractivity contribution < 1.29 is 14.3 Å². The van der Waals surface area contributed by atoms with Gasteiger partial charge >= 0.3 is 0 Å². The fourth-order valence-corrected chi connectivity index (χ4v) is 3.48. The number of methoxy groups -OCH3 is 1. The molecule has 0 radical (unpaired) electrons. The van der Waals surface area contributed by atoms with Gasteiger partial charge in [0.1, 0.15) is 11.8 Å². The SMILES string of the molecule is CC[C@H](C)NC(=O)[C@H](CC)N(Cc1ccc(OC)cc1)C(=O)Cc1ccc(C)c(C)c1. The van der Waals surface area contributed by atoms with Crippen LogP contribution in [0.2, 0.25) is 0 Å². The Morgan fingerprint density at radius 1 is 0.968 bits per heavy atom. The molecule has 0 heterocycles. The first kappa shape index (κ1) is 24.4. The first-order valence-electron chi connectivity index (χ1n) is 11.1. The van der Waals surface area contributed by atoms with E-state index in [9.17, 15) is 9.59 Å². The Hall–Kier alpha value is -2.82. The quantitative estimate of drug-likeness (QED) is 0.607. The number of nitrogens with zero attached hydrogens (tertiary/aromatic N) is 1. The second kappa shape index (κ2) is 11.5. The molecule has 0 aliphatic rings. The van der Waals surface area contributed by atoms with Crippen LogP contribution < -0.4 is 10.1 Å². The predicted octanol–water partition coefficient (Wildman–Crippen LogP) is 4.58. The number of nitrogens with one attached hydrogen (secondary N) is 1. The molecule has 168 valence electrons. The molecule has 0 saturated carbocycles. The summed E-state index contributed by atoms with van der Waals surface area (Å²) in [4.78, 5) is 28.1. The van der Waals surface area contributed by atoms with Gasteiger partial charge in [0.05, 0.1) is 13.5 Å². The number of benzene rings is 2. The van der Waals surface area contributed by atoms with Crippen LogP contribution in [0, 0.1) is 13.8 Å². The van der Waals surface area contributed by atoms with Crippen LogP contribution in [0.5, 0.6) is 5.75 Å². The van der Waals surface area contributed by atoms with Crippen molar-refractivity contribution in [1.29, 1.82) is 0 Å². The minimum absolute atomic E-state index is 0.0507. The summed E-state index contributed by atoms with van der Waals surface area (Å²) in [7, 11) is 1.63. The Kier molecular flexibility index (Phi) is 9.10. The van der Waals surface area contributed by atoms with Crippen molar-refractivity contribution in [1.82, 2.24) is 10.2 Å². The van der Waals surface area contributed by atoms with Crippen molar-refractivity contribution in [3.05, 3.63) is 64.7 Å². The van der Waals surface area contributed by atoms with E-state index in [0.29, 0.717) is 13.0 Å². The van der Waals surface area contributed by atoms with Crippen molar-refractivity contribution >= 4 is 11.8 Å². The zero-order chi connectivity index (χ0) is 23.0. The van der Waals surface area contributed by atoms with Crippen LogP contribution >= 0.6 is 0 Å². The third-order valence-corrected chi connectivity index (χ3v) is 5.83. The molecule has 2 amide bonds. The first-order chi connectivity index (χ1) is 14.8. The average molecular weight is 425 g/mol. The van der Waals surface area contributed by atoms with Crippen LogP contribution in [0.25, 0.3) is 0 Å². The lowest BCUT2D eigenvalue weighted by atomic mass is 10.0. The molecule has 0 spiro atoms. The van der Waals surface area contributed by atoms with Crippen LogP contribution in [0.1, 0.15) is 55.9 Å². The molecule has 2 atom stereocenters. The predicted molar refractivity (Wildman–Crippen MR) is 125 cm³/mol. The van der Waals surface area contributed by atoms with Crippen molar-refractivity contribution in [2.75, 3.05) is 7.11 Å². The molecule has 0 saturated heterocycles. The van der Waals surface area contributed by atoms with Crippen LogP contribution in [-0.2, 0) is 22.6 Å². The zero-order valence-corrected chi connectivity index (χ0v) is 19.7. The van der Waals surface area contributed by atoms with Crippen molar-refractivity contribution in [3.63, 3.8) is 0 Å². The zero-order valence-electron chi connectivity index (χ0n) is 19.7. The molecule has 0 aliphatic carbocycles. The van der Waals surface area contributed by atoms with E-state index < -0.39 is 6.04 Å². The fraction of sp³-hybridized carbons (Fsp3) is 0.462. The summed E-state index contributed by atoms with van der Waals surface area (Å²) in [6, 6.07) is 13.3. The summed E-state index contributed by atoms with van der Waals surface area (Å²) in [5, 5.41) is 3.05. The van der Waals surface area contributed by atoms with E-state index in [-0.39, 0.29) is 24.3 Å². The van der Waals surface area contributed by atoms with Crippen LogP contribution in [0.4, 0.5) is 0 Å². The van der Waals surface area contributed by atoms with E-state index in [1.165, 1.54) is 5.56 Å². The summed E-state index contributed by atoms with van der Waals surface area (Å²) in [6.07, 6.45) is 1.67. The van der Waals surface area contributed by atoms with Gasteiger partial charge in [0.25, 0.3) is 0 Å². The molecule has 0 fully saturated rings. The van der Waals surface area contributed by atoms with Gasteiger partial charge in [0.2, 0.25) is 11.8 Å². The van der Waals surface area contributed by atoms with Gasteiger partial charge in [-0.3, -0.25) is 9.59 Å². The summed E-state index contributed by atoms with van der Waals surface area (Å²) in [5.41, 5.74) is 4.29. The molecule has 5 heteroatoms. The number of amides is 2. The molecular formula is C26H36N2O3. The average Bonchev–Trinajstić information content (AvgIpc) is 2.76. The smallest absolute Gasteiger partial charge is 0.243 e. The van der Waals surface area contributed by atoms with Crippen molar-refractivity contribution in [2.24, 2.45) is 0 Å². The maximum atomic E-state index is 13.4. The number of hydrogen-bond acceptors (Lipinski definition) is 3. The highest BCUT2D eigenvalue weighted by Gasteiger charge is 2.29. The highest BCUT2D eigenvalue weighted by molar-refractivity contribution is 5.88. The molecule has 0 unspecified atom stereocenters. The van der Waals surface area contributed by atoms with Crippen LogP contribution in [0.3, 0.4) is 0 Å². The summed E-state index contributed by atoms with van der Waals surface area (Å²) < 4.78 is 5.24. The fourth-order valence-electron chi connectivity index (χ4n) is 3.48.